The molecule has 104 valence electrons. The number of amides is 1. The highest BCUT2D eigenvalue weighted by Crippen LogP contribution is 2.14. The van der Waals surface area contributed by atoms with Crippen LogP contribution >= 0.6 is 0 Å². The maximum atomic E-state index is 11.8. The van der Waals surface area contributed by atoms with Gasteiger partial charge in [-0.2, -0.15) is 0 Å². The molecule has 0 aliphatic heterocycles. The number of carbonyl (C=O) groups excluding carboxylic acids is 1. The molecule has 2 N–H and O–H groups in total. The number of nitrogens with one attached hydrogen (secondary N) is 1. The van der Waals surface area contributed by atoms with Crippen LogP contribution in [0.3, 0.4) is 0 Å². The third-order valence-electron chi connectivity index (χ3n) is 2.88. The largest absolute Gasteiger partial charge is 0.497 e. The van der Waals surface area contributed by atoms with Gasteiger partial charge in [0.15, 0.2) is 0 Å². The van der Waals surface area contributed by atoms with E-state index in [9.17, 15) is 9.59 Å². The smallest absolute Gasteiger partial charge is 0.325 e. The van der Waals surface area contributed by atoms with Gasteiger partial charge in [-0.15, -0.1) is 0 Å². The molecule has 0 saturated heterocycles. The number of benzene rings is 1. The Morgan fingerprint density at radius 3 is 2.32 bits per heavy atom. The molecule has 0 aromatic heterocycles. The van der Waals surface area contributed by atoms with Gasteiger partial charge in [0, 0.05) is 5.92 Å². The monoisotopic (exact) mass is 265 g/mol. The molecule has 1 aromatic rings. The number of carboxylic acids is 1. The Labute approximate surface area is 112 Å². The van der Waals surface area contributed by atoms with Gasteiger partial charge in [0.25, 0.3) is 0 Å². The van der Waals surface area contributed by atoms with Crippen molar-refractivity contribution in [3.63, 3.8) is 0 Å². The summed E-state index contributed by atoms with van der Waals surface area (Å²) < 4.78 is 5.06. The molecule has 19 heavy (non-hydrogen) atoms. The second kappa shape index (κ2) is 6.78. The van der Waals surface area contributed by atoms with Gasteiger partial charge in [0.1, 0.15) is 11.8 Å². The van der Waals surface area contributed by atoms with Crippen LogP contribution in [0.5, 0.6) is 5.75 Å². The number of carboxylic acid groups (broad SMARTS) is 1. The zero-order chi connectivity index (χ0) is 14.4. The summed E-state index contributed by atoms with van der Waals surface area (Å²) >= 11 is 0. The highest BCUT2D eigenvalue weighted by Gasteiger charge is 2.19. The van der Waals surface area contributed by atoms with Gasteiger partial charge >= 0.3 is 5.97 Å². The lowest BCUT2D eigenvalue weighted by atomic mass is 10.00. The van der Waals surface area contributed by atoms with Crippen LogP contribution in [0.1, 0.15) is 19.4 Å². The van der Waals surface area contributed by atoms with Crippen molar-refractivity contribution in [2.24, 2.45) is 5.92 Å². The minimum Gasteiger partial charge on any atom is -0.497 e. The third kappa shape index (κ3) is 4.62. The van der Waals surface area contributed by atoms with E-state index in [4.69, 9.17) is 9.84 Å². The van der Waals surface area contributed by atoms with Gasteiger partial charge in [0.2, 0.25) is 5.91 Å². The summed E-state index contributed by atoms with van der Waals surface area (Å²) in [6, 6.07) is 6.58. The molecule has 1 aromatic carbocycles. The number of ether oxygens (including phenoxy) is 1. The summed E-state index contributed by atoms with van der Waals surface area (Å²) in [6.45, 7) is 3.22. The lowest BCUT2D eigenvalue weighted by Crippen LogP contribution is -2.41. The Morgan fingerprint density at radius 2 is 1.84 bits per heavy atom. The Bertz CT molecular complexity index is 441. The molecule has 0 heterocycles. The van der Waals surface area contributed by atoms with Crippen molar-refractivity contribution in [2.75, 3.05) is 7.11 Å². The minimum atomic E-state index is -1.04. The first-order valence-corrected chi connectivity index (χ1v) is 6.10. The van der Waals surface area contributed by atoms with Crippen LogP contribution in [0.2, 0.25) is 0 Å². The topological polar surface area (TPSA) is 75.6 Å². The third-order valence-corrected chi connectivity index (χ3v) is 2.88. The van der Waals surface area contributed by atoms with E-state index in [1.54, 1.807) is 14.0 Å². The van der Waals surface area contributed by atoms with Gasteiger partial charge in [0.05, 0.1) is 7.11 Å². The number of rotatable bonds is 6. The van der Waals surface area contributed by atoms with Gasteiger partial charge in [-0.05, 0) is 31.0 Å². The molecule has 0 bridgehead atoms. The standard InChI is InChI=1S/C14H19NO4/c1-9(13(16)15-10(2)14(17)18)8-11-4-6-12(19-3)7-5-11/h4-7,9-10H,8H2,1-3H3,(H,15,16)(H,17,18)/t9?,10-/m1/s1. The summed E-state index contributed by atoms with van der Waals surface area (Å²) in [5.41, 5.74) is 1.01. The maximum Gasteiger partial charge on any atom is 0.325 e. The molecular weight excluding hydrogens is 246 g/mol. The molecule has 0 spiro atoms. The first-order chi connectivity index (χ1) is 8.93. The predicted molar refractivity (Wildman–Crippen MR) is 71.1 cm³/mol. The first kappa shape index (κ1) is 15.0. The summed E-state index contributed by atoms with van der Waals surface area (Å²) in [6.07, 6.45) is 0.558. The van der Waals surface area contributed by atoms with E-state index in [-0.39, 0.29) is 11.8 Å². The molecule has 0 aliphatic carbocycles. The maximum absolute atomic E-state index is 11.8. The zero-order valence-electron chi connectivity index (χ0n) is 11.3. The number of hydrogen-bond donors (Lipinski definition) is 2. The molecule has 1 rings (SSSR count). The van der Waals surface area contributed by atoms with Crippen LogP contribution in [-0.2, 0) is 16.0 Å². The summed E-state index contributed by atoms with van der Waals surface area (Å²) in [5.74, 6) is -0.814. The summed E-state index contributed by atoms with van der Waals surface area (Å²) in [5, 5.41) is 11.2. The van der Waals surface area contributed by atoms with Crippen LogP contribution in [0, 0.1) is 5.92 Å². The molecule has 1 unspecified atom stereocenters. The Kier molecular flexibility index (Phi) is 5.36. The fourth-order valence-corrected chi connectivity index (χ4v) is 1.63. The first-order valence-electron chi connectivity index (χ1n) is 6.10. The number of aliphatic carboxylic acids is 1. The van der Waals surface area contributed by atoms with Crippen molar-refractivity contribution in [1.29, 1.82) is 0 Å². The SMILES string of the molecule is COc1ccc(CC(C)C(=O)N[C@H](C)C(=O)O)cc1. The average molecular weight is 265 g/mol. The average Bonchev–Trinajstić information content (AvgIpc) is 2.39. The Balaban J connectivity index is 2.55. The zero-order valence-corrected chi connectivity index (χ0v) is 11.3. The van der Waals surface area contributed by atoms with Crippen LogP contribution in [0.25, 0.3) is 0 Å². The highest BCUT2D eigenvalue weighted by molar-refractivity contribution is 5.84. The van der Waals surface area contributed by atoms with E-state index < -0.39 is 12.0 Å². The molecule has 2 atom stereocenters. The van der Waals surface area contributed by atoms with Crippen molar-refractivity contribution in [2.45, 2.75) is 26.3 Å². The molecule has 5 nitrogen and oxygen atoms in total. The molecular formula is C14H19NO4. The van der Waals surface area contributed by atoms with Crippen LogP contribution in [0.15, 0.2) is 24.3 Å². The fraction of sp³-hybridized carbons (Fsp3) is 0.429. The number of carbonyl (C=O) groups is 2. The second-order valence-electron chi connectivity index (χ2n) is 4.52. The normalized spacial score (nSPS) is 13.4. The lowest BCUT2D eigenvalue weighted by Gasteiger charge is -2.15. The molecule has 0 radical (unpaired) electrons. The van der Waals surface area contributed by atoms with E-state index in [0.717, 1.165) is 11.3 Å². The van der Waals surface area contributed by atoms with E-state index in [2.05, 4.69) is 5.32 Å². The summed E-state index contributed by atoms with van der Waals surface area (Å²) in [7, 11) is 1.60. The van der Waals surface area contributed by atoms with Crippen LogP contribution in [0.4, 0.5) is 0 Å². The van der Waals surface area contributed by atoms with Crippen molar-refractivity contribution >= 4 is 11.9 Å². The van der Waals surface area contributed by atoms with Crippen LogP contribution < -0.4 is 10.1 Å². The van der Waals surface area contributed by atoms with Gasteiger partial charge < -0.3 is 15.2 Å². The Hall–Kier alpha value is -2.04. The molecule has 5 heteroatoms. The Morgan fingerprint density at radius 1 is 1.26 bits per heavy atom. The van der Waals surface area contributed by atoms with Crippen molar-refractivity contribution in [3.8, 4) is 5.75 Å². The van der Waals surface area contributed by atoms with Gasteiger partial charge in [-0.1, -0.05) is 19.1 Å². The molecule has 0 aliphatic rings. The molecule has 1 amide bonds. The van der Waals surface area contributed by atoms with E-state index in [1.807, 2.05) is 24.3 Å². The second-order valence-corrected chi connectivity index (χ2v) is 4.52. The van der Waals surface area contributed by atoms with E-state index >= 15 is 0 Å². The summed E-state index contributed by atoms with van der Waals surface area (Å²) in [4.78, 5) is 22.4. The quantitative estimate of drug-likeness (QED) is 0.816. The predicted octanol–water partition coefficient (Wildman–Crippen LogP) is 1.46. The molecule has 0 saturated carbocycles. The van der Waals surface area contributed by atoms with E-state index in [0.29, 0.717) is 6.42 Å². The van der Waals surface area contributed by atoms with Gasteiger partial charge in [-0.25, -0.2) is 0 Å². The molecule has 0 fully saturated rings. The van der Waals surface area contributed by atoms with Crippen LogP contribution in [-0.4, -0.2) is 30.1 Å². The van der Waals surface area contributed by atoms with Gasteiger partial charge in [-0.3, -0.25) is 9.59 Å². The van der Waals surface area contributed by atoms with E-state index in [1.165, 1.54) is 6.92 Å². The van der Waals surface area contributed by atoms with Crippen molar-refractivity contribution in [1.82, 2.24) is 5.32 Å². The fourth-order valence-electron chi connectivity index (χ4n) is 1.63. The van der Waals surface area contributed by atoms with Crippen molar-refractivity contribution in [3.05, 3.63) is 29.8 Å². The number of hydrogen-bond acceptors (Lipinski definition) is 3. The minimum absolute atomic E-state index is 0.259. The highest BCUT2D eigenvalue weighted by atomic mass is 16.5. The van der Waals surface area contributed by atoms with Crippen molar-refractivity contribution < 1.29 is 19.4 Å². The lowest BCUT2D eigenvalue weighted by molar-refractivity contribution is -0.141. The number of methoxy groups -OCH3 is 1.